The highest BCUT2D eigenvalue weighted by atomic mass is 19.1. The maximum absolute atomic E-state index is 12.8. The van der Waals surface area contributed by atoms with Crippen LogP contribution in [0.25, 0.3) is 0 Å². The minimum atomic E-state index is -1.26. The van der Waals surface area contributed by atoms with Crippen LogP contribution in [-0.2, 0) is 5.60 Å². The number of carbonyl (C=O) groups excluding carboxylic acids is 1. The van der Waals surface area contributed by atoms with Gasteiger partial charge < -0.3 is 15.7 Å². The van der Waals surface area contributed by atoms with Gasteiger partial charge in [-0.2, -0.15) is 0 Å². The molecule has 3 N–H and O–H groups in total. The number of halogens is 1. The Morgan fingerprint density at radius 2 is 2.11 bits per heavy atom. The second kappa shape index (κ2) is 6.33. The molecule has 1 aromatic rings. The summed E-state index contributed by atoms with van der Waals surface area (Å²) in [6, 6.07) is 4.96. The summed E-state index contributed by atoms with van der Waals surface area (Å²) in [6.07, 6.45) is 1.59. The van der Waals surface area contributed by atoms with Crippen LogP contribution in [0.3, 0.4) is 0 Å². The van der Waals surface area contributed by atoms with E-state index >= 15 is 0 Å². The van der Waals surface area contributed by atoms with Crippen molar-refractivity contribution < 1.29 is 14.3 Å². The molecule has 0 saturated carbocycles. The second-order valence-corrected chi connectivity index (χ2v) is 4.63. The zero-order valence-corrected chi connectivity index (χ0v) is 11.1. The number of amides is 2. The topological polar surface area (TPSA) is 61.4 Å². The summed E-state index contributed by atoms with van der Waals surface area (Å²) in [5, 5.41) is 15.4. The fraction of sp³-hybridized carbons (Fsp3) is 0.357. The fourth-order valence-corrected chi connectivity index (χ4v) is 1.48. The van der Waals surface area contributed by atoms with Crippen molar-refractivity contribution in [2.75, 3.05) is 6.54 Å². The van der Waals surface area contributed by atoms with Crippen LogP contribution in [0.5, 0.6) is 0 Å². The highest BCUT2D eigenvalue weighted by Crippen LogP contribution is 2.19. The van der Waals surface area contributed by atoms with Gasteiger partial charge in [0, 0.05) is 6.04 Å². The van der Waals surface area contributed by atoms with Crippen LogP contribution in [0.1, 0.15) is 19.4 Å². The molecule has 0 saturated heterocycles. The molecular weight excluding hydrogens is 247 g/mol. The summed E-state index contributed by atoms with van der Waals surface area (Å²) in [4.78, 5) is 11.5. The Bertz CT molecular complexity index is 443. The van der Waals surface area contributed by atoms with Crippen molar-refractivity contribution in [3.8, 4) is 0 Å². The lowest BCUT2D eigenvalue weighted by atomic mass is 9.96. The van der Waals surface area contributed by atoms with Gasteiger partial charge in [0.05, 0.1) is 6.54 Å². The van der Waals surface area contributed by atoms with Crippen molar-refractivity contribution in [3.05, 3.63) is 48.3 Å². The standard InChI is InChI=1S/C14H19FN2O2/c1-4-10(2)17-13(18)16-9-14(3,19)11-5-7-12(15)8-6-11/h4-8,10,19H,1,9H2,2-3H3,(H2,16,17,18)/t10-,14+/m0/s1. The Kier molecular flexibility index (Phi) is 5.06. The molecule has 0 unspecified atom stereocenters. The van der Waals surface area contributed by atoms with Crippen molar-refractivity contribution in [1.29, 1.82) is 0 Å². The van der Waals surface area contributed by atoms with Crippen LogP contribution >= 0.6 is 0 Å². The summed E-state index contributed by atoms with van der Waals surface area (Å²) in [5.41, 5.74) is -0.728. The smallest absolute Gasteiger partial charge is 0.315 e. The largest absolute Gasteiger partial charge is 0.384 e. The quantitative estimate of drug-likeness (QED) is 0.713. The van der Waals surface area contributed by atoms with Crippen LogP contribution in [0.4, 0.5) is 9.18 Å². The molecule has 2 amide bonds. The summed E-state index contributed by atoms with van der Waals surface area (Å²) in [7, 11) is 0. The molecule has 5 heteroatoms. The SMILES string of the molecule is C=C[C@H](C)NC(=O)NC[C@@](C)(O)c1ccc(F)cc1. The fourth-order valence-electron chi connectivity index (χ4n) is 1.48. The first-order chi connectivity index (χ1) is 8.85. The van der Waals surface area contributed by atoms with E-state index in [4.69, 9.17) is 0 Å². The number of hydrogen-bond acceptors (Lipinski definition) is 2. The van der Waals surface area contributed by atoms with E-state index in [9.17, 15) is 14.3 Å². The molecule has 0 fully saturated rings. The molecule has 0 heterocycles. The van der Waals surface area contributed by atoms with Gasteiger partial charge in [0.1, 0.15) is 11.4 Å². The van der Waals surface area contributed by atoms with E-state index in [1.165, 1.54) is 24.3 Å². The molecule has 19 heavy (non-hydrogen) atoms. The molecule has 1 rings (SSSR count). The number of nitrogens with one attached hydrogen (secondary N) is 2. The van der Waals surface area contributed by atoms with Gasteiger partial charge in [0.2, 0.25) is 0 Å². The molecule has 4 nitrogen and oxygen atoms in total. The predicted molar refractivity (Wildman–Crippen MR) is 72.2 cm³/mol. The second-order valence-electron chi connectivity index (χ2n) is 4.63. The molecular formula is C14H19FN2O2. The van der Waals surface area contributed by atoms with Gasteiger partial charge in [-0.1, -0.05) is 18.2 Å². The molecule has 0 aromatic heterocycles. The summed E-state index contributed by atoms with van der Waals surface area (Å²) >= 11 is 0. The van der Waals surface area contributed by atoms with Gasteiger partial charge >= 0.3 is 6.03 Å². The maximum Gasteiger partial charge on any atom is 0.315 e. The van der Waals surface area contributed by atoms with Gasteiger partial charge in [0.15, 0.2) is 0 Å². The summed E-state index contributed by atoms with van der Waals surface area (Å²) in [6.45, 7) is 6.91. The van der Waals surface area contributed by atoms with E-state index < -0.39 is 11.6 Å². The normalized spacial score (nSPS) is 15.2. The zero-order valence-electron chi connectivity index (χ0n) is 11.1. The molecule has 2 atom stereocenters. The number of rotatable bonds is 5. The van der Waals surface area contributed by atoms with Gasteiger partial charge in [-0.05, 0) is 31.5 Å². The van der Waals surface area contributed by atoms with Crippen LogP contribution in [0.15, 0.2) is 36.9 Å². The Morgan fingerprint density at radius 1 is 1.53 bits per heavy atom. The van der Waals surface area contributed by atoms with Crippen LogP contribution in [-0.4, -0.2) is 23.7 Å². The predicted octanol–water partition coefficient (Wildman–Crippen LogP) is 1.91. The van der Waals surface area contributed by atoms with Crippen molar-refractivity contribution in [1.82, 2.24) is 10.6 Å². The number of carbonyl (C=O) groups is 1. The lowest BCUT2D eigenvalue weighted by Gasteiger charge is -2.24. The first-order valence-electron chi connectivity index (χ1n) is 6.00. The monoisotopic (exact) mass is 266 g/mol. The molecule has 0 aliphatic rings. The Labute approximate surface area is 112 Å². The average molecular weight is 266 g/mol. The van der Waals surface area contributed by atoms with Gasteiger partial charge in [-0.15, -0.1) is 6.58 Å². The van der Waals surface area contributed by atoms with Crippen molar-refractivity contribution in [3.63, 3.8) is 0 Å². The van der Waals surface area contributed by atoms with Crippen molar-refractivity contribution in [2.24, 2.45) is 0 Å². The number of urea groups is 1. The third-order valence-electron chi connectivity index (χ3n) is 2.77. The van der Waals surface area contributed by atoms with Crippen LogP contribution in [0.2, 0.25) is 0 Å². The van der Waals surface area contributed by atoms with E-state index in [1.54, 1.807) is 19.9 Å². The summed E-state index contributed by atoms with van der Waals surface area (Å²) in [5.74, 6) is -0.370. The molecule has 0 radical (unpaired) electrons. The molecule has 1 aromatic carbocycles. The van der Waals surface area contributed by atoms with Crippen molar-refractivity contribution >= 4 is 6.03 Å². The number of hydrogen-bond donors (Lipinski definition) is 3. The first kappa shape index (κ1) is 15.2. The van der Waals surface area contributed by atoms with Gasteiger partial charge in [-0.3, -0.25) is 0 Å². The van der Waals surface area contributed by atoms with E-state index in [2.05, 4.69) is 17.2 Å². The highest BCUT2D eigenvalue weighted by Gasteiger charge is 2.23. The van der Waals surface area contributed by atoms with E-state index in [-0.39, 0.29) is 18.4 Å². The first-order valence-corrected chi connectivity index (χ1v) is 6.00. The van der Waals surface area contributed by atoms with E-state index in [0.717, 1.165) is 0 Å². The minimum absolute atomic E-state index is 0.0222. The van der Waals surface area contributed by atoms with Crippen LogP contribution in [0, 0.1) is 5.82 Å². The van der Waals surface area contributed by atoms with Gasteiger partial charge in [-0.25, -0.2) is 9.18 Å². The summed E-state index contributed by atoms with van der Waals surface area (Å²) < 4.78 is 12.8. The lowest BCUT2D eigenvalue weighted by molar-refractivity contribution is 0.0593. The van der Waals surface area contributed by atoms with Crippen molar-refractivity contribution in [2.45, 2.75) is 25.5 Å². The average Bonchev–Trinajstić information content (AvgIpc) is 2.37. The third-order valence-corrected chi connectivity index (χ3v) is 2.77. The molecule has 0 bridgehead atoms. The van der Waals surface area contributed by atoms with Crippen LogP contribution < -0.4 is 10.6 Å². The number of benzene rings is 1. The molecule has 0 aliphatic carbocycles. The zero-order chi connectivity index (χ0) is 14.5. The number of aliphatic hydroxyl groups is 1. The maximum atomic E-state index is 12.8. The minimum Gasteiger partial charge on any atom is -0.384 e. The molecule has 0 aliphatic heterocycles. The lowest BCUT2D eigenvalue weighted by Crippen LogP contribution is -2.45. The Hall–Kier alpha value is -1.88. The Morgan fingerprint density at radius 3 is 2.63 bits per heavy atom. The highest BCUT2D eigenvalue weighted by molar-refractivity contribution is 5.74. The molecule has 0 spiro atoms. The van der Waals surface area contributed by atoms with Gasteiger partial charge in [0.25, 0.3) is 0 Å². The molecule has 104 valence electrons. The van der Waals surface area contributed by atoms with E-state index in [1.807, 2.05) is 0 Å². The third kappa shape index (κ3) is 4.71. The Balaban J connectivity index is 2.57. The van der Waals surface area contributed by atoms with E-state index in [0.29, 0.717) is 5.56 Å².